The zero-order chi connectivity index (χ0) is 34.0. The van der Waals surface area contributed by atoms with Crippen molar-refractivity contribution in [3.05, 3.63) is 108 Å². The van der Waals surface area contributed by atoms with Crippen molar-refractivity contribution in [2.45, 2.75) is 76.0 Å². The van der Waals surface area contributed by atoms with E-state index in [-0.39, 0.29) is 41.4 Å². The van der Waals surface area contributed by atoms with Gasteiger partial charge in [0.1, 0.15) is 6.10 Å². The van der Waals surface area contributed by atoms with E-state index in [1.807, 2.05) is 0 Å². The zero-order valence-corrected chi connectivity index (χ0v) is 28.4. The summed E-state index contributed by atoms with van der Waals surface area (Å²) in [6.45, 7) is 10.5. The van der Waals surface area contributed by atoms with Crippen molar-refractivity contribution < 1.29 is 42.5 Å². The maximum Gasteiger partial charge on any atom is 0.338 e. The van der Waals surface area contributed by atoms with Crippen LogP contribution in [0.15, 0.2) is 91.0 Å². The predicted octanol–water partition coefficient (Wildman–Crippen LogP) is 6.45. The number of carbonyl (C=O) groups is 3. The summed E-state index contributed by atoms with van der Waals surface area (Å²) >= 11 is 0. The quantitative estimate of drug-likeness (QED) is 0.0714. The molecule has 1 heterocycles. The molecule has 1 saturated heterocycles. The van der Waals surface area contributed by atoms with Gasteiger partial charge in [-0.15, -0.1) is 12.3 Å². The molecule has 0 saturated carbocycles. The van der Waals surface area contributed by atoms with Gasteiger partial charge in [-0.3, -0.25) is 0 Å². The van der Waals surface area contributed by atoms with Crippen LogP contribution in [0.3, 0.4) is 0 Å². The van der Waals surface area contributed by atoms with Crippen LogP contribution in [-0.4, -0.2) is 70.1 Å². The van der Waals surface area contributed by atoms with E-state index in [1.165, 1.54) is 0 Å². The summed E-state index contributed by atoms with van der Waals surface area (Å²) in [5, 5.41) is -0.145. The third-order valence-electron chi connectivity index (χ3n) is 8.29. The van der Waals surface area contributed by atoms with Gasteiger partial charge in [0.2, 0.25) is 0 Å². The summed E-state index contributed by atoms with van der Waals surface area (Å²) in [4.78, 5) is 40.6. The summed E-state index contributed by atoms with van der Waals surface area (Å²) in [7, 11) is -2.35. The van der Waals surface area contributed by atoms with E-state index >= 15 is 0 Å². The molecule has 0 N–H and O–H groups in total. The SMILES string of the molecule is C#CCCO[C@@H]1O[C@H](CO[Si](C)(C)C(C)(C)C)[C@H](OC(=O)c2ccccc2)[C@H](OC(=O)c2ccccc2)[C@H]1OC(=O)c1ccccc1. The van der Waals surface area contributed by atoms with Crippen molar-refractivity contribution in [3.63, 3.8) is 0 Å². The molecular weight excluding hydrogens is 616 g/mol. The van der Waals surface area contributed by atoms with Crippen LogP contribution in [0.1, 0.15) is 58.3 Å². The maximum atomic E-state index is 13.6. The fraction of sp³-hybridized carbons (Fsp3) is 0.378. The van der Waals surface area contributed by atoms with Crippen molar-refractivity contribution in [2.24, 2.45) is 0 Å². The van der Waals surface area contributed by atoms with Crippen LogP contribution in [0.4, 0.5) is 0 Å². The number of benzene rings is 3. The molecule has 3 aromatic carbocycles. The normalized spacial score (nSPS) is 21.2. The number of ether oxygens (including phenoxy) is 5. The summed E-state index contributed by atoms with van der Waals surface area (Å²) in [5.41, 5.74) is 0.776. The largest absolute Gasteiger partial charge is 0.452 e. The van der Waals surface area contributed by atoms with E-state index in [0.717, 1.165) is 0 Å². The highest BCUT2D eigenvalue weighted by atomic mass is 28.4. The van der Waals surface area contributed by atoms with Crippen molar-refractivity contribution in [2.75, 3.05) is 13.2 Å². The molecule has 47 heavy (non-hydrogen) atoms. The molecule has 4 rings (SSSR count). The van der Waals surface area contributed by atoms with Gasteiger partial charge in [-0.05, 0) is 54.5 Å². The molecule has 0 unspecified atom stereocenters. The lowest BCUT2D eigenvalue weighted by atomic mass is 9.97. The minimum absolute atomic E-state index is 0.0169. The third kappa shape index (κ3) is 9.39. The molecule has 1 fully saturated rings. The Labute approximate surface area is 277 Å². The van der Waals surface area contributed by atoms with Gasteiger partial charge in [0.05, 0.1) is 29.9 Å². The van der Waals surface area contributed by atoms with Crippen LogP contribution in [0, 0.1) is 12.3 Å². The van der Waals surface area contributed by atoms with Crippen LogP contribution in [0.25, 0.3) is 0 Å². The van der Waals surface area contributed by atoms with E-state index in [9.17, 15) is 14.4 Å². The van der Waals surface area contributed by atoms with Gasteiger partial charge < -0.3 is 28.1 Å². The Balaban J connectivity index is 1.78. The van der Waals surface area contributed by atoms with Crippen LogP contribution in [0.2, 0.25) is 18.1 Å². The first-order valence-electron chi connectivity index (χ1n) is 15.5. The van der Waals surface area contributed by atoms with E-state index in [0.29, 0.717) is 0 Å². The number of terminal acetylenes is 1. The Kier molecular flexibility index (Phi) is 12.1. The molecule has 1 aliphatic heterocycles. The fourth-order valence-electron chi connectivity index (χ4n) is 4.59. The van der Waals surface area contributed by atoms with Gasteiger partial charge in [-0.25, -0.2) is 14.4 Å². The summed E-state index contributed by atoms with van der Waals surface area (Å²) < 4.78 is 37.2. The number of carbonyl (C=O) groups excluding carboxylic acids is 3. The second-order valence-electron chi connectivity index (χ2n) is 12.6. The smallest absolute Gasteiger partial charge is 0.338 e. The molecule has 0 aliphatic carbocycles. The Morgan fingerprint density at radius 2 is 1.15 bits per heavy atom. The minimum Gasteiger partial charge on any atom is -0.452 e. The molecule has 0 aromatic heterocycles. The first-order valence-corrected chi connectivity index (χ1v) is 18.4. The second kappa shape index (κ2) is 16.0. The standard InChI is InChI=1S/C37H42O9Si/c1-7-8-24-41-36-32(46-35(40)28-22-16-11-17-23-28)31(45-34(39)27-20-14-10-15-21-27)30(44-33(38)26-18-12-9-13-19-26)29(43-36)25-42-47(5,6)37(2,3)4/h1,9-23,29-32,36H,8,24-25H2,2-6H3/t29-,30+,31+,32-,36-/m1/s1. The average molecular weight is 659 g/mol. The number of hydrogen-bond acceptors (Lipinski definition) is 9. The molecule has 0 radical (unpaired) electrons. The van der Waals surface area contributed by atoms with E-state index in [1.54, 1.807) is 91.0 Å². The lowest BCUT2D eigenvalue weighted by Gasteiger charge is -2.45. The average Bonchev–Trinajstić information content (AvgIpc) is 3.06. The van der Waals surface area contributed by atoms with Crippen molar-refractivity contribution >= 4 is 26.2 Å². The summed E-state index contributed by atoms with van der Waals surface area (Å²) in [6.07, 6.45) is -0.472. The number of esters is 3. The van der Waals surface area contributed by atoms with E-state index in [2.05, 4.69) is 39.8 Å². The Morgan fingerprint density at radius 3 is 1.57 bits per heavy atom. The highest BCUT2D eigenvalue weighted by molar-refractivity contribution is 6.74. The molecule has 10 heteroatoms. The van der Waals surface area contributed by atoms with Crippen LogP contribution < -0.4 is 0 Å². The maximum absolute atomic E-state index is 13.6. The Morgan fingerprint density at radius 1 is 0.723 bits per heavy atom. The molecule has 9 nitrogen and oxygen atoms in total. The van der Waals surface area contributed by atoms with Crippen LogP contribution >= 0.6 is 0 Å². The van der Waals surface area contributed by atoms with Gasteiger partial charge in [-0.2, -0.15) is 0 Å². The van der Waals surface area contributed by atoms with Gasteiger partial charge in [0, 0.05) is 6.42 Å². The van der Waals surface area contributed by atoms with Crippen molar-refractivity contribution in [1.82, 2.24) is 0 Å². The topological polar surface area (TPSA) is 107 Å². The molecule has 248 valence electrons. The molecular formula is C37H42O9Si. The van der Waals surface area contributed by atoms with E-state index in [4.69, 9.17) is 34.5 Å². The highest BCUT2D eigenvalue weighted by Crippen LogP contribution is 2.38. The van der Waals surface area contributed by atoms with Gasteiger partial charge in [0.25, 0.3) is 0 Å². The Bertz CT molecular complexity index is 1510. The number of hydrogen-bond donors (Lipinski definition) is 0. The monoisotopic (exact) mass is 658 g/mol. The van der Waals surface area contributed by atoms with Crippen molar-refractivity contribution in [1.29, 1.82) is 0 Å². The molecule has 3 aromatic rings. The van der Waals surface area contributed by atoms with Crippen LogP contribution in [-0.2, 0) is 28.1 Å². The first kappa shape index (κ1) is 35.6. The minimum atomic E-state index is -2.35. The predicted molar refractivity (Wildman–Crippen MR) is 178 cm³/mol. The fourth-order valence-corrected chi connectivity index (χ4v) is 5.60. The lowest BCUT2D eigenvalue weighted by molar-refractivity contribution is -0.297. The lowest BCUT2D eigenvalue weighted by Crippen LogP contribution is -2.63. The summed E-state index contributed by atoms with van der Waals surface area (Å²) in [6, 6.07) is 25.1. The third-order valence-corrected chi connectivity index (χ3v) is 12.8. The van der Waals surface area contributed by atoms with Crippen LogP contribution in [0.5, 0.6) is 0 Å². The zero-order valence-electron chi connectivity index (χ0n) is 27.4. The number of rotatable bonds is 12. The molecule has 1 aliphatic rings. The van der Waals surface area contributed by atoms with Gasteiger partial charge >= 0.3 is 17.9 Å². The van der Waals surface area contributed by atoms with Gasteiger partial charge in [0.15, 0.2) is 32.9 Å². The second-order valence-corrected chi connectivity index (χ2v) is 17.5. The molecule has 0 amide bonds. The Hall–Kier alpha value is -4.27. The molecule has 0 spiro atoms. The summed E-state index contributed by atoms with van der Waals surface area (Å²) in [5.74, 6) is 0.404. The molecule has 5 atom stereocenters. The van der Waals surface area contributed by atoms with Crippen molar-refractivity contribution in [3.8, 4) is 12.3 Å². The van der Waals surface area contributed by atoms with Gasteiger partial charge in [-0.1, -0.05) is 75.4 Å². The molecule has 0 bridgehead atoms. The first-order chi connectivity index (χ1) is 22.4. The van der Waals surface area contributed by atoms with E-state index < -0.39 is 56.9 Å². The highest BCUT2D eigenvalue weighted by Gasteiger charge is 2.54.